The van der Waals surface area contributed by atoms with E-state index < -0.39 is 5.97 Å². The Balaban J connectivity index is 2.92. The number of carbonyl (C=O) groups excluding carboxylic acids is 1. The van der Waals surface area contributed by atoms with Crippen molar-refractivity contribution in [2.24, 2.45) is 5.11 Å². The average molecular weight is 294 g/mol. The maximum Gasteiger partial charge on any atom is 0.337 e. The minimum atomic E-state index is -0.403. The van der Waals surface area contributed by atoms with E-state index in [0.29, 0.717) is 15.6 Å². The minimum absolute atomic E-state index is 0.113. The highest BCUT2D eigenvalue weighted by Gasteiger charge is 2.06. The molecular formula is C11H8BrN3O2. The van der Waals surface area contributed by atoms with Gasteiger partial charge in [-0.15, -0.1) is 0 Å². The topological polar surface area (TPSA) is 75.1 Å². The summed E-state index contributed by atoms with van der Waals surface area (Å²) in [7, 11) is 1.32. The molecule has 6 heteroatoms. The molecule has 0 aliphatic carbocycles. The summed E-state index contributed by atoms with van der Waals surface area (Å²) in [6.07, 6.45) is 0. The zero-order valence-electron chi connectivity index (χ0n) is 8.98. The quantitative estimate of drug-likeness (QED) is 0.276. The summed E-state index contributed by atoms with van der Waals surface area (Å²) in [5, 5.41) is 3.29. The van der Waals surface area contributed by atoms with E-state index in [-0.39, 0.29) is 6.54 Å². The number of esters is 1. The minimum Gasteiger partial charge on any atom is -0.465 e. The zero-order chi connectivity index (χ0) is 12.7. The third kappa shape index (κ3) is 3.83. The zero-order valence-corrected chi connectivity index (χ0v) is 10.6. The number of hydrogen-bond acceptors (Lipinski definition) is 3. The number of azide groups is 1. The van der Waals surface area contributed by atoms with Gasteiger partial charge in [0.1, 0.15) is 0 Å². The van der Waals surface area contributed by atoms with Gasteiger partial charge in [0, 0.05) is 14.9 Å². The average Bonchev–Trinajstić information content (AvgIpc) is 2.35. The van der Waals surface area contributed by atoms with E-state index in [1.165, 1.54) is 7.11 Å². The molecule has 0 atom stereocenters. The molecule has 0 radical (unpaired) electrons. The highest BCUT2D eigenvalue weighted by Crippen LogP contribution is 2.18. The van der Waals surface area contributed by atoms with E-state index >= 15 is 0 Å². The molecule has 0 unspecified atom stereocenters. The van der Waals surface area contributed by atoms with Crippen LogP contribution >= 0.6 is 15.9 Å². The lowest BCUT2D eigenvalue weighted by Crippen LogP contribution is -2.01. The first-order chi connectivity index (χ1) is 8.19. The van der Waals surface area contributed by atoms with Crippen LogP contribution < -0.4 is 0 Å². The van der Waals surface area contributed by atoms with E-state index in [1.54, 1.807) is 18.2 Å². The van der Waals surface area contributed by atoms with Crippen LogP contribution in [0.1, 0.15) is 15.9 Å². The molecule has 0 aliphatic heterocycles. The summed E-state index contributed by atoms with van der Waals surface area (Å²) in [4.78, 5) is 13.8. The number of nitrogens with zero attached hydrogens (tertiary/aromatic N) is 3. The smallest absolute Gasteiger partial charge is 0.337 e. The Morgan fingerprint density at radius 3 is 3.00 bits per heavy atom. The van der Waals surface area contributed by atoms with Crippen molar-refractivity contribution >= 4 is 21.9 Å². The molecule has 0 aliphatic rings. The third-order valence-corrected chi connectivity index (χ3v) is 2.48. The lowest BCUT2D eigenvalue weighted by atomic mass is 10.1. The lowest BCUT2D eigenvalue weighted by molar-refractivity contribution is 0.0600. The van der Waals surface area contributed by atoms with Crippen LogP contribution in [0.4, 0.5) is 0 Å². The highest BCUT2D eigenvalue weighted by atomic mass is 79.9. The van der Waals surface area contributed by atoms with Crippen molar-refractivity contribution in [2.75, 3.05) is 13.7 Å². The second-order valence-electron chi connectivity index (χ2n) is 2.88. The molecular weight excluding hydrogens is 286 g/mol. The molecule has 0 heterocycles. The summed E-state index contributed by atoms with van der Waals surface area (Å²) in [5.41, 5.74) is 9.23. The number of hydrogen-bond donors (Lipinski definition) is 0. The molecule has 1 rings (SSSR count). The van der Waals surface area contributed by atoms with Crippen molar-refractivity contribution in [3.05, 3.63) is 44.2 Å². The molecule has 86 valence electrons. The number of halogens is 1. The predicted octanol–water partition coefficient (Wildman–Crippen LogP) is 2.90. The fourth-order valence-electron chi connectivity index (χ4n) is 1.06. The highest BCUT2D eigenvalue weighted by molar-refractivity contribution is 9.10. The van der Waals surface area contributed by atoms with Gasteiger partial charge in [0.2, 0.25) is 0 Å². The molecule has 0 fully saturated rings. The Kier molecular flexibility index (Phi) is 5.08. The number of rotatable bonds is 2. The van der Waals surface area contributed by atoms with Crippen molar-refractivity contribution in [2.45, 2.75) is 0 Å². The van der Waals surface area contributed by atoms with Crippen LogP contribution in [0.3, 0.4) is 0 Å². The largest absolute Gasteiger partial charge is 0.465 e. The van der Waals surface area contributed by atoms with Crippen LogP contribution in [-0.2, 0) is 4.74 Å². The van der Waals surface area contributed by atoms with Gasteiger partial charge in [-0.3, -0.25) is 0 Å². The summed E-state index contributed by atoms with van der Waals surface area (Å²) in [6.45, 7) is 0.113. The summed E-state index contributed by atoms with van der Waals surface area (Å²) in [5.74, 6) is 5.10. The summed E-state index contributed by atoms with van der Waals surface area (Å²) < 4.78 is 5.28. The molecule has 1 aromatic carbocycles. The molecule has 0 N–H and O–H groups in total. The van der Waals surface area contributed by atoms with Crippen molar-refractivity contribution in [3.8, 4) is 11.8 Å². The third-order valence-electron chi connectivity index (χ3n) is 1.83. The van der Waals surface area contributed by atoms with Gasteiger partial charge < -0.3 is 4.74 Å². The first-order valence-corrected chi connectivity index (χ1v) is 5.36. The fourth-order valence-corrected chi connectivity index (χ4v) is 1.54. The van der Waals surface area contributed by atoms with E-state index in [1.807, 2.05) is 0 Å². The molecule has 0 saturated carbocycles. The molecule has 5 nitrogen and oxygen atoms in total. The van der Waals surface area contributed by atoms with Gasteiger partial charge in [0.05, 0.1) is 19.2 Å². The van der Waals surface area contributed by atoms with Gasteiger partial charge in [-0.25, -0.2) is 4.79 Å². The lowest BCUT2D eigenvalue weighted by Gasteiger charge is -2.01. The van der Waals surface area contributed by atoms with Crippen LogP contribution in [0, 0.1) is 11.8 Å². The SMILES string of the molecule is COC(=O)c1ccc(C#CCN=[N+]=[N-])c(Br)c1. The number of benzene rings is 1. The molecule has 0 spiro atoms. The van der Waals surface area contributed by atoms with Crippen LogP contribution in [-0.4, -0.2) is 19.6 Å². The molecule has 0 aromatic heterocycles. The van der Waals surface area contributed by atoms with Crippen molar-refractivity contribution in [1.82, 2.24) is 0 Å². The predicted molar refractivity (Wildman–Crippen MR) is 66.4 cm³/mol. The maximum atomic E-state index is 11.2. The molecule has 17 heavy (non-hydrogen) atoms. The number of ether oxygens (including phenoxy) is 1. The normalized spacial score (nSPS) is 8.59. The van der Waals surface area contributed by atoms with Crippen LogP contribution in [0.5, 0.6) is 0 Å². The molecule has 0 saturated heterocycles. The van der Waals surface area contributed by atoms with E-state index in [4.69, 9.17) is 5.53 Å². The Morgan fingerprint density at radius 2 is 2.41 bits per heavy atom. The molecule has 1 aromatic rings. The fraction of sp³-hybridized carbons (Fsp3) is 0.182. The van der Waals surface area contributed by atoms with Crippen LogP contribution in [0.2, 0.25) is 0 Å². The first kappa shape index (κ1) is 13.1. The van der Waals surface area contributed by atoms with Crippen LogP contribution in [0.15, 0.2) is 27.8 Å². The van der Waals surface area contributed by atoms with Crippen molar-refractivity contribution in [1.29, 1.82) is 0 Å². The van der Waals surface area contributed by atoms with E-state index in [0.717, 1.165) is 0 Å². The Bertz CT molecular complexity index is 539. The van der Waals surface area contributed by atoms with Gasteiger partial charge in [0.15, 0.2) is 0 Å². The van der Waals surface area contributed by atoms with Gasteiger partial charge in [-0.05, 0) is 39.7 Å². The van der Waals surface area contributed by atoms with E-state index in [9.17, 15) is 4.79 Å². The number of carbonyl (C=O) groups is 1. The van der Waals surface area contributed by atoms with Crippen LogP contribution in [0.25, 0.3) is 10.4 Å². The van der Waals surface area contributed by atoms with Gasteiger partial charge in [0.25, 0.3) is 0 Å². The second-order valence-corrected chi connectivity index (χ2v) is 3.73. The standard InChI is InChI=1S/C11H8BrN3O2/c1-17-11(16)9-5-4-8(10(12)7-9)3-2-6-14-15-13/h4-5,7H,6H2,1H3. The van der Waals surface area contributed by atoms with Crippen molar-refractivity contribution < 1.29 is 9.53 Å². The maximum absolute atomic E-state index is 11.2. The first-order valence-electron chi connectivity index (χ1n) is 4.56. The van der Waals surface area contributed by atoms with E-state index in [2.05, 4.69) is 42.5 Å². The summed E-state index contributed by atoms with van der Waals surface area (Å²) in [6, 6.07) is 4.94. The number of methoxy groups -OCH3 is 1. The Hall–Kier alpha value is -1.96. The monoisotopic (exact) mass is 293 g/mol. The molecule has 0 bridgehead atoms. The Labute approximate surface area is 107 Å². The van der Waals surface area contributed by atoms with Gasteiger partial charge >= 0.3 is 5.97 Å². The second kappa shape index (κ2) is 6.59. The van der Waals surface area contributed by atoms with Gasteiger partial charge in [-0.2, -0.15) is 0 Å². The molecule has 0 amide bonds. The van der Waals surface area contributed by atoms with Crippen molar-refractivity contribution in [3.63, 3.8) is 0 Å². The van der Waals surface area contributed by atoms with Gasteiger partial charge in [-0.1, -0.05) is 17.0 Å². The summed E-state index contributed by atoms with van der Waals surface area (Å²) >= 11 is 3.30. The Morgan fingerprint density at radius 1 is 1.65 bits per heavy atom.